The van der Waals surface area contributed by atoms with Crippen LogP contribution in [0, 0.1) is 0 Å². The van der Waals surface area contributed by atoms with Gasteiger partial charge in [-0.1, -0.05) is 6.07 Å². The largest absolute Gasteiger partial charge is 0.399 e. The molecule has 0 saturated heterocycles. The summed E-state index contributed by atoms with van der Waals surface area (Å²) in [6, 6.07) is 16.0. The summed E-state index contributed by atoms with van der Waals surface area (Å²) in [5.41, 5.74) is 9.70. The Kier molecular flexibility index (Phi) is 3.19. The van der Waals surface area contributed by atoms with Crippen molar-refractivity contribution in [1.82, 2.24) is 0 Å². The standard InChI is InChI=1S/C14H17N3/c1-17(2)14-5-3-4-13(10-14)16-12-8-6-11(15)7-9-12/h3-10,16H,15H2,1-2H3. The lowest BCUT2D eigenvalue weighted by Gasteiger charge is -2.14. The van der Waals surface area contributed by atoms with Gasteiger partial charge < -0.3 is 16.0 Å². The number of anilines is 4. The van der Waals surface area contributed by atoms with Crippen molar-refractivity contribution in [2.24, 2.45) is 0 Å². The van der Waals surface area contributed by atoms with Gasteiger partial charge in [-0.2, -0.15) is 0 Å². The first-order chi connectivity index (χ1) is 8.15. The monoisotopic (exact) mass is 227 g/mol. The number of nitrogens with zero attached hydrogens (tertiary/aromatic N) is 1. The van der Waals surface area contributed by atoms with Crippen LogP contribution in [0.2, 0.25) is 0 Å². The number of nitrogens with two attached hydrogens (primary N) is 1. The molecule has 0 heterocycles. The van der Waals surface area contributed by atoms with Gasteiger partial charge in [0.1, 0.15) is 0 Å². The molecule has 88 valence electrons. The van der Waals surface area contributed by atoms with E-state index in [1.807, 2.05) is 50.5 Å². The maximum atomic E-state index is 5.65. The minimum atomic E-state index is 0.776. The maximum absolute atomic E-state index is 5.65. The molecule has 0 spiro atoms. The van der Waals surface area contributed by atoms with Crippen LogP contribution in [0.3, 0.4) is 0 Å². The lowest BCUT2D eigenvalue weighted by molar-refractivity contribution is 1.13. The van der Waals surface area contributed by atoms with Gasteiger partial charge in [0.05, 0.1) is 0 Å². The van der Waals surface area contributed by atoms with E-state index >= 15 is 0 Å². The van der Waals surface area contributed by atoms with Crippen molar-refractivity contribution in [2.45, 2.75) is 0 Å². The number of rotatable bonds is 3. The zero-order valence-corrected chi connectivity index (χ0v) is 10.1. The predicted molar refractivity (Wildman–Crippen MR) is 74.9 cm³/mol. The summed E-state index contributed by atoms with van der Waals surface area (Å²) < 4.78 is 0. The molecule has 2 aromatic rings. The topological polar surface area (TPSA) is 41.3 Å². The van der Waals surface area contributed by atoms with Gasteiger partial charge in [0, 0.05) is 36.8 Å². The van der Waals surface area contributed by atoms with Gasteiger partial charge in [-0.05, 0) is 42.5 Å². The lowest BCUT2D eigenvalue weighted by atomic mass is 10.2. The van der Waals surface area contributed by atoms with Crippen LogP contribution in [-0.2, 0) is 0 Å². The highest BCUT2D eigenvalue weighted by Gasteiger charge is 1.98. The summed E-state index contributed by atoms with van der Waals surface area (Å²) in [6.07, 6.45) is 0. The molecule has 0 bridgehead atoms. The molecule has 0 fully saturated rings. The minimum Gasteiger partial charge on any atom is -0.399 e. The molecule has 0 amide bonds. The molecule has 0 aromatic heterocycles. The van der Waals surface area contributed by atoms with Crippen LogP contribution in [-0.4, -0.2) is 14.1 Å². The molecule has 2 rings (SSSR count). The van der Waals surface area contributed by atoms with Gasteiger partial charge in [0.25, 0.3) is 0 Å². The summed E-state index contributed by atoms with van der Waals surface area (Å²) in [6.45, 7) is 0. The van der Waals surface area contributed by atoms with Gasteiger partial charge in [0.15, 0.2) is 0 Å². The first-order valence-electron chi connectivity index (χ1n) is 5.55. The van der Waals surface area contributed by atoms with E-state index in [4.69, 9.17) is 5.73 Å². The lowest BCUT2D eigenvalue weighted by Crippen LogP contribution is -2.08. The Labute approximate surface area is 102 Å². The smallest absolute Gasteiger partial charge is 0.0405 e. The number of nitrogen functional groups attached to an aromatic ring is 1. The second-order valence-corrected chi connectivity index (χ2v) is 4.19. The zero-order valence-electron chi connectivity index (χ0n) is 10.1. The third kappa shape index (κ3) is 2.91. The summed E-state index contributed by atoms with van der Waals surface area (Å²) >= 11 is 0. The van der Waals surface area contributed by atoms with Gasteiger partial charge in [-0.25, -0.2) is 0 Å². The highest BCUT2D eigenvalue weighted by atomic mass is 15.1. The van der Waals surface area contributed by atoms with E-state index in [0.717, 1.165) is 17.1 Å². The van der Waals surface area contributed by atoms with Crippen molar-refractivity contribution < 1.29 is 0 Å². The number of hydrogen-bond donors (Lipinski definition) is 2. The molecule has 0 unspecified atom stereocenters. The van der Waals surface area contributed by atoms with Crippen LogP contribution < -0.4 is 16.0 Å². The van der Waals surface area contributed by atoms with Crippen LogP contribution in [0.4, 0.5) is 22.7 Å². The second kappa shape index (κ2) is 4.78. The van der Waals surface area contributed by atoms with Crippen LogP contribution >= 0.6 is 0 Å². The molecule has 3 N–H and O–H groups in total. The van der Waals surface area contributed by atoms with Gasteiger partial charge in [-0.15, -0.1) is 0 Å². The SMILES string of the molecule is CN(C)c1cccc(Nc2ccc(N)cc2)c1. The molecule has 17 heavy (non-hydrogen) atoms. The van der Waals surface area contributed by atoms with Crippen LogP contribution in [0.5, 0.6) is 0 Å². The maximum Gasteiger partial charge on any atom is 0.0405 e. The fourth-order valence-electron chi connectivity index (χ4n) is 1.59. The van der Waals surface area contributed by atoms with Crippen molar-refractivity contribution in [1.29, 1.82) is 0 Å². The summed E-state index contributed by atoms with van der Waals surface area (Å²) in [5, 5.41) is 3.34. The van der Waals surface area contributed by atoms with E-state index in [1.165, 1.54) is 5.69 Å². The molecular weight excluding hydrogens is 210 g/mol. The first-order valence-corrected chi connectivity index (χ1v) is 5.55. The van der Waals surface area contributed by atoms with E-state index in [1.54, 1.807) is 0 Å². The summed E-state index contributed by atoms with van der Waals surface area (Å²) in [4.78, 5) is 2.08. The highest BCUT2D eigenvalue weighted by Crippen LogP contribution is 2.21. The van der Waals surface area contributed by atoms with Crippen LogP contribution in [0.1, 0.15) is 0 Å². The molecule has 3 heteroatoms. The van der Waals surface area contributed by atoms with E-state index in [2.05, 4.69) is 22.3 Å². The molecule has 0 aliphatic rings. The van der Waals surface area contributed by atoms with Crippen molar-refractivity contribution in [3.63, 3.8) is 0 Å². The normalized spacial score (nSPS) is 10.0. The summed E-state index contributed by atoms with van der Waals surface area (Å²) in [5.74, 6) is 0. The van der Waals surface area contributed by atoms with Gasteiger partial charge >= 0.3 is 0 Å². The fourth-order valence-corrected chi connectivity index (χ4v) is 1.59. The Balaban J connectivity index is 2.18. The molecule has 0 aliphatic heterocycles. The van der Waals surface area contributed by atoms with E-state index < -0.39 is 0 Å². The minimum absolute atomic E-state index is 0.776. The fraction of sp³-hybridized carbons (Fsp3) is 0.143. The quantitative estimate of drug-likeness (QED) is 0.792. The average molecular weight is 227 g/mol. The number of hydrogen-bond acceptors (Lipinski definition) is 3. The molecule has 3 nitrogen and oxygen atoms in total. The van der Waals surface area contributed by atoms with E-state index in [0.29, 0.717) is 0 Å². The van der Waals surface area contributed by atoms with Crippen molar-refractivity contribution in [3.8, 4) is 0 Å². The first kappa shape index (κ1) is 11.3. The second-order valence-electron chi connectivity index (χ2n) is 4.19. The van der Waals surface area contributed by atoms with E-state index in [9.17, 15) is 0 Å². The Morgan fingerprint density at radius 3 is 2.29 bits per heavy atom. The molecule has 0 atom stereocenters. The molecule has 2 aromatic carbocycles. The predicted octanol–water partition coefficient (Wildman–Crippen LogP) is 3.08. The Morgan fingerprint density at radius 2 is 1.65 bits per heavy atom. The Hall–Kier alpha value is -2.16. The third-order valence-corrected chi connectivity index (χ3v) is 2.56. The van der Waals surface area contributed by atoms with Gasteiger partial charge in [0.2, 0.25) is 0 Å². The summed E-state index contributed by atoms with van der Waals surface area (Å²) in [7, 11) is 4.06. The zero-order chi connectivity index (χ0) is 12.3. The van der Waals surface area contributed by atoms with Crippen LogP contribution in [0.15, 0.2) is 48.5 Å². The van der Waals surface area contributed by atoms with Crippen molar-refractivity contribution >= 4 is 22.7 Å². The van der Waals surface area contributed by atoms with Gasteiger partial charge in [-0.3, -0.25) is 0 Å². The molecule has 0 saturated carbocycles. The average Bonchev–Trinajstić information content (AvgIpc) is 2.32. The number of benzene rings is 2. The third-order valence-electron chi connectivity index (χ3n) is 2.56. The molecule has 0 aliphatic carbocycles. The van der Waals surface area contributed by atoms with Crippen molar-refractivity contribution in [3.05, 3.63) is 48.5 Å². The highest BCUT2D eigenvalue weighted by molar-refractivity contribution is 5.65. The number of nitrogens with one attached hydrogen (secondary N) is 1. The Morgan fingerprint density at radius 1 is 0.941 bits per heavy atom. The van der Waals surface area contributed by atoms with E-state index in [-0.39, 0.29) is 0 Å². The molecular formula is C14H17N3. The Bertz CT molecular complexity index is 489. The van der Waals surface area contributed by atoms with Crippen molar-refractivity contribution in [2.75, 3.05) is 30.0 Å². The molecule has 0 radical (unpaired) electrons. The van der Waals surface area contributed by atoms with Crippen LogP contribution in [0.25, 0.3) is 0 Å².